The molecule has 0 radical (unpaired) electrons. The number of rotatable bonds is 4. The number of hydrogen-bond donors (Lipinski definition) is 0. The number of ether oxygens (including phenoxy) is 3. The van der Waals surface area contributed by atoms with Crippen molar-refractivity contribution in [3.8, 4) is 17.6 Å². The maximum Gasteiger partial charge on any atom is 0.140 e. The molecule has 1 heterocycles. The van der Waals surface area contributed by atoms with E-state index in [1.165, 1.54) is 7.11 Å². The Morgan fingerprint density at radius 2 is 2.40 bits per heavy atom. The third-order valence-corrected chi connectivity index (χ3v) is 2.13. The van der Waals surface area contributed by atoms with Crippen LogP contribution in [-0.2, 0) is 4.74 Å². The minimum absolute atomic E-state index is 0.228. The largest absolute Gasteiger partial charge is 0.495 e. The van der Waals surface area contributed by atoms with E-state index in [1.54, 1.807) is 18.2 Å². The monoisotopic (exact) mass is 205 g/mol. The fourth-order valence-electron chi connectivity index (χ4n) is 1.21. The van der Waals surface area contributed by atoms with Gasteiger partial charge in [0.1, 0.15) is 30.3 Å². The first-order chi connectivity index (χ1) is 7.33. The summed E-state index contributed by atoms with van der Waals surface area (Å²) in [6, 6.07) is 7.19. The highest BCUT2D eigenvalue weighted by molar-refractivity contribution is 5.47. The Bertz CT molecular complexity index is 393. The van der Waals surface area contributed by atoms with Crippen molar-refractivity contribution in [3.05, 3.63) is 23.8 Å². The van der Waals surface area contributed by atoms with Gasteiger partial charge in [-0.2, -0.15) is 5.26 Å². The molecule has 1 aromatic carbocycles. The van der Waals surface area contributed by atoms with Gasteiger partial charge in [-0.15, -0.1) is 0 Å². The van der Waals surface area contributed by atoms with Gasteiger partial charge in [0, 0.05) is 6.07 Å². The molecule has 0 bridgehead atoms. The summed E-state index contributed by atoms with van der Waals surface area (Å²) in [6.07, 6.45) is 0.228. The van der Waals surface area contributed by atoms with E-state index in [4.69, 9.17) is 19.5 Å². The van der Waals surface area contributed by atoms with Gasteiger partial charge in [-0.3, -0.25) is 0 Å². The maximum absolute atomic E-state index is 8.78. The molecule has 1 saturated heterocycles. The average molecular weight is 205 g/mol. The molecule has 1 aliphatic heterocycles. The normalized spacial score (nSPS) is 18.0. The second-order valence-corrected chi connectivity index (χ2v) is 3.24. The standard InChI is InChI=1S/C11H11NO3/c1-13-11-4-9(3-2-8(11)5-12)14-6-10-7-15-10/h2-4,10H,6-7H2,1H3. The summed E-state index contributed by atoms with van der Waals surface area (Å²) in [7, 11) is 1.53. The van der Waals surface area contributed by atoms with Gasteiger partial charge in [-0.25, -0.2) is 0 Å². The Hall–Kier alpha value is -1.73. The highest BCUT2D eigenvalue weighted by atomic mass is 16.6. The van der Waals surface area contributed by atoms with Crippen LogP contribution in [0.15, 0.2) is 18.2 Å². The van der Waals surface area contributed by atoms with Gasteiger partial charge in [0.25, 0.3) is 0 Å². The quantitative estimate of drug-likeness (QED) is 0.696. The lowest BCUT2D eigenvalue weighted by atomic mass is 10.2. The van der Waals surface area contributed by atoms with Gasteiger partial charge in [0.15, 0.2) is 0 Å². The third-order valence-electron chi connectivity index (χ3n) is 2.13. The molecular formula is C11H11NO3. The molecule has 0 spiro atoms. The molecule has 0 N–H and O–H groups in total. The summed E-state index contributed by atoms with van der Waals surface area (Å²) in [5, 5.41) is 8.78. The number of hydrogen-bond acceptors (Lipinski definition) is 4. The minimum Gasteiger partial charge on any atom is -0.495 e. The molecule has 1 atom stereocenters. The molecule has 4 nitrogen and oxygen atoms in total. The highest BCUT2D eigenvalue weighted by Crippen LogP contribution is 2.24. The lowest BCUT2D eigenvalue weighted by molar-refractivity contribution is 0.262. The fourth-order valence-corrected chi connectivity index (χ4v) is 1.21. The lowest BCUT2D eigenvalue weighted by Gasteiger charge is -2.07. The summed E-state index contributed by atoms with van der Waals surface area (Å²) in [6.45, 7) is 1.32. The van der Waals surface area contributed by atoms with Crippen LogP contribution in [0.1, 0.15) is 5.56 Å². The summed E-state index contributed by atoms with van der Waals surface area (Å²) >= 11 is 0. The van der Waals surface area contributed by atoms with Crippen LogP contribution in [0.25, 0.3) is 0 Å². The molecule has 0 aromatic heterocycles. The van der Waals surface area contributed by atoms with Crippen molar-refractivity contribution in [2.24, 2.45) is 0 Å². The average Bonchev–Trinajstić information content (AvgIpc) is 3.09. The maximum atomic E-state index is 8.78. The first-order valence-electron chi connectivity index (χ1n) is 4.66. The molecule has 1 aliphatic rings. The third kappa shape index (κ3) is 2.39. The number of nitriles is 1. The molecule has 0 aliphatic carbocycles. The van der Waals surface area contributed by atoms with Crippen LogP contribution in [0.2, 0.25) is 0 Å². The molecule has 0 amide bonds. The number of nitrogens with zero attached hydrogens (tertiary/aromatic N) is 1. The summed E-state index contributed by atoms with van der Waals surface area (Å²) < 4.78 is 15.5. The smallest absolute Gasteiger partial charge is 0.140 e. The van der Waals surface area contributed by atoms with Crippen LogP contribution < -0.4 is 9.47 Å². The summed E-state index contributed by atoms with van der Waals surface area (Å²) in [5.74, 6) is 1.23. The van der Waals surface area contributed by atoms with Crippen LogP contribution in [0.5, 0.6) is 11.5 Å². The Balaban J connectivity index is 2.07. The van der Waals surface area contributed by atoms with Crippen LogP contribution in [0.4, 0.5) is 0 Å². The van der Waals surface area contributed by atoms with E-state index >= 15 is 0 Å². The van der Waals surface area contributed by atoms with Gasteiger partial charge in [0.2, 0.25) is 0 Å². The van der Waals surface area contributed by atoms with Gasteiger partial charge in [-0.05, 0) is 12.1 Å². The highest BCUT2D eigenvalue weighted by Gasteiger charge is 2.23. The van der Waals surface area contributed by atoms with Gasteiger partial charge >= 0.3 is 0 Å². The van der Waals surface area contributed by atoms with Crippen LogP contribution in [-0.4, -0.2) is 26.4 Å². The molecule has 1 aromatic rings. The SMILES string of the molecule is COc1cc(OCC2CO2)ccc1C#N. The van der Waals surface area contributed by atoms with E-state index in [2.05, 4.69) is 0 Å². The second-order valence-electron chi connectivity index (χ2n) is 3.24. The van der Waals surface area contributed by atoms with Crippen molar-refractivity contribution in [1.82, 2.24) is 0 Å². The molecule has 1 unspecified atom stereocenters. The van der Waals surface area contributed by atoms with Crippen LogP contribution >= 0.6 is 0 Å². The Morgan fingerprint density at radius 1 is 1.60 bits per heavy atom. The molecule has 2 rings (SSSR count). The van der Waals surface area contributed by atoms with E-state index in [1.807, 2.05) is 6.07 Å². The fraction of sp³-hybridized carbons (Fsp3) is 0.364. The number of epoxide rings is 1. The Kier molecular flexibility index (Phi) is 2.75. The van der Waals surface area contributed by atoms with E-state index in [-0.39, 0.29) is 6.10 Å². The van der Waals surface area contributed by atoms with Crippen molar-refractivity contribution in [2.45, 2.75) is 6.10 Å². The van der Waals surface area contributed by atoms with Gasteiger partial charge < -0.3 is 14.2 Å². The zero-order chi connectivity index (χ0) is 10.7. The molecule has 15 heavy (non-hydrogen) atoms. The lowest BCUT2D eigenvalue weighted by Crippen LogP contribution is -2.04. The Morgan fingerprint density at radius 3 is 3.00 bits per heavy atom. The van der Waals surface area contributed by atoms with E-state index < -0.39 is 0 Å². The molecular weight excluding hydrogens is 194 g/mol. The van der Waals surface area contributed by atoms with Crippen molar-refractivity contribution in [2.75, 3.05) is 20.3 Å². The molecule has 4 heteroatoms. The van der Waals surface area contributed by atoms with Gasteiger partial charge in [-0.1, -0.05) is 0 Å². The zero-order valence-corrected chi connectivity index (χ0v) is 8.40. The van der Waals surface area contributed by atoms with Gasteiger partial charge in [0.05, 0.1) is 19.3 Å². The number of benzene rings is 1. The topological polar surface area (TPSA) is 54.8 Å². The predicted molar refractivity (Wildman–Crippen MR) is 52.9 cm³/mol. The number of methoxy groups -OCH3 is 1. The first-order valence-corrected chi connectivity index (χ1v) is 4.66. The van der Waals surface area contributed by atoms with Crippen molar-refractivity contribution >= 4 is 0 Å². The second kappa shape index (κ2) is 4.20. The van der Waals surface area contributed by atoms with E-state index in [0.717, 1.165) is 6.61 Å². The van der Waals surface area contributed by atoms with Crippen molar-refractivity contribution < 1.29 is 14.2 Å². The molecule has 78 valence electrons. The van der Waals surface area contributed by atoms with Crippen LogP contribution in [0.3, 0.4) is 0 Å². The van der Waals surface area contributed by atoms with Crippen molar-refractivity contribution in [3.63, 3.8) is 0 Å². The molecule has 0 saturated carbocycles. The molecule has 1 fully saturated rings. The van der Waals surface area contributed by atoms with E-state index in [0.29, 0.717) is 23.7 Å². The van der Waals surface area contributed by atoms with Crippen LogP contribution in [0, 0.1) is 11.3 Å². The minimum atomic E-state index is 0.228. The predicted octanol–water partition coefficient (Wildman–Crippen LogP) is 1.34. The Labute approximate surface area is 88.0 Å². The summed E-state index contributed by atoms with van der Waals surface area (Å²) in [4.78, 5) is 0. The zero-order valence-electron chi connectivity index (χ0n) is 8.40. The first kappa shape index (κ1) is 9.81. The van der Waals surface area contributed by atoms with E-state index in [9.17, 15) is 0 Å². The summed E-state index contributed by atoms with van der Waals surface area (Å²) in [5.41, 5.74) is 0.507. The van der Waals surface area contributed by atoms with Crippen molar-refractivity contribution in [1.29, 1.82) is 5.26 Å².